The van der Waals surface area contributed by atoms with Gasteiger partial charge in [-0.2, -0.15) is 4.98 Å². The van der Waals surface area contributed by atoms with Crippen molar-refractivity contribution in [3.63, 3.8) is 0 Å². The molecule has 27 heavy (non-hydrogen) atoms. The van der Waals surface area contributed by atoms with Crippen LogP contribution in [0.3, 0.4) is 0 Å². The number of rotatable bonds is 4. The number of hydrogen-bond donors (Lipinski definition) is 0. The molecule has 0 atom stereocenters. The molecule has 0 bridgehead atoms. The number of amides is 1. The lowest BCUT2D eigenvalue weighted by Crippen LogP contribution is -2.48. The number of aromatic nitrogens is 2. The summed E-state index contributed by atoms with van der Waals surface area (Å²) in [4.78, 5) is 21.7. The third kappa shape index (κ3) is 3.87. The molecule has 1 saturated heterocycles. The van der Waals surface area contributed by atoms with E-state index in [1.165, 1.54) is 18.2 Å². The molecule has 4 rings (SSSR count). The Bertz CT molecular complexity index is 919. The van der Waals surface area contributed by atoms with Gasteiger partial charge in [-0.05, 0) is 23.6 Å². The second-order valence-electron chi connectivity index (χ2n) is 6.15. The van der Waals surface area contributed by atoms with Gasteiger partial charge in [-0.15, -0.1) is 11.3 Å². The van der Waals surface area contributed by atoms with Crippen molar-refractivity contribution in [2.75, 3.05) is 26.2 Å². The zero-order chi connectivity index (χ0) is 18.8. The molecule has 0 radical (unpaired) electrons. The third-order valence-corrected chi connectivity index (χ3v) is 5.59. The highest BCUT2D eigenvalue weighted by molar-refractivity contribution is 7.13. The van der Waals surface area contributed by atoms with Gasteiger partial charge in [0.05, 0.1) is 22.0 Å². The van der Waals surface area contributed by atoms with E-state index >= 15 is 0 Å². The molecule has 2 aromatic heterocycles. The van der Waals surface area contributed by atoms with Crippen molar-refractivity contribution in [3.8, 4) is 10.7 Å². The van der Waals surface area contributed by atoms with Gasteiger partial charge < -0.3 is 9.42 Å². The van der Waals surface area contributed by atoms with Gasteiger partial charge in [0.1, 0.15) is 5.82 Å². The molecule has 1 aromatic carbocycles. The standard InChI is InChI=1S/C18H16ClFN4O2S/c19-12-3-1-4-13(20)16(12)18(25)24-8-6-23(7-9-24)11-15-21-17(22-26-15)14-5-2-10-27-14/h1-5,10H,6-9,11H2. The Hall–Kier alpha value is -2.29. The molecule has 140 valence electrons. The maximum absolute atomic E-state index is 14.0. The maximum atomic E-state index is 14.0. The molecule has 3 heterocycles. The molecular weight excluding hydrogens is 391 g/mol. The first-order chi connectivity index (χ1) is 13.1. The normalized spacial score (nSPS) is 15.3. The summed E-state index contributed by atoms with van der Waals surface area (Å²) < 4.78 is 19.3. The first-order valence-electron chi connectivity index (χ1n) is 8.44. The molecule has 6 nitrogen and oxygen atoms in total. The van der Waals surface area contributed by atoms with Crippen molar-refractivity contribution >= 4 is 28.8 Å². The second-order valence-corrected chi connectivity index (χ2v) is 7.51. The fraction of sp³-hybridized carbons (Fsp3) is 0.278. The average Bonchev–Trinajstić information content (AvgIpc) is 3.33. The summed E-state index contributed by atoms with van der Waals surface area (Å²) in [5, 5.41) is 6.10. The van der Waals surface area contributed by atoms with Crippen LogP contribution in [0.1, 0.15) is 16.2 Å². The van der Waals surface area contributed by atoms with E-state index in [2.05, 4.69) is 15.0 Å². The highest BCUT2D eigenvalue weighted by atomic mass is 35.5. The number of nitrogens with zero attached hydrogens (tertiary/aromatic N) is 4. The summed E-state index contributed by atoms with van der Waals surface area (Å²) >= 11 is 7.55. The van der Waals surface area contributed by atoms with Gasteiger partial charge >= 0.3 is 0 Å². The minimum atomic E-state index is -0.595. The third-order valence-electron chi connectivity index (χ3n) is 4.40. The largest absolute Gasteiger partial charge is 0.338 e. The van der Waals surface area contributed by atoms with E-state index in [-0.39, 0.29) is 16.5 Å². The Morgan fingerprint density at radius 3 is 2.74 bits per heavy atom. The van der Waals surface area contributed by atoms with Crippen molar-refractivity contribution in [3.05, 3.63) is 58.0 Å². The van der Waals surface area contributed by atoms with Gasteiger partial charge in [0.25, 0.3) is 5.91 Å². The molecule has 9 heteroatoms. The highest BCUT2D eigenvalue weighted by Crippen LogP contribution is 2.23. The Kier molecular flexibility index (Phi) is 5.20. The lowest BCUT2D eigenvalue weighted by atomic mass is 10.1. The number of carbonyl (C=O) groups excluding carboxylic acids is 1. The van der Waals surface area contributed by atoms with E-state index in [9.17, 15) is 9.18 Å². The minimum absolute atomic E-state index is 0.0647. The number of piperazine rings is 1. The highest BCUT2D eigenvalue weighted by Gasteiger charge is 2.26. The van der Waals surface area contributed by atoms with E-state index in [0.717, 1.165) is 4.88 Å². The molecule has 0 aliphatic carbocycles. The van der Waals surface area contributed by atoms with Gasteiger partial charge in [0.15, 0.2) is 0 Å². The van der Waals surface area contributed by atoms with Crippen LogP contribution in [0.15, 0.2) is 40.2 Å². The van der Waals surface area contributed by atoms with Crippen LogP contribution in [-0.2, 0) is 6.54 Å². The number of halogens is 2. The lowest BCUT2D eigenvalue weighted by Gasteiger charge is -2.34. The molecule has 1 aliphatic heterocycles. The molecule has 1 amide bonds. The van der Waals surface area contributed by atoms with Gasteiger partial charge in [-0.25, -0.2) is 4.39 Å². The monoisotopic (exact) mass is 406 g/mol. The molecule has 0 N–H and O–H groups in total. The van der Waals surface area contributed by atoms with Crippen LogP contribution < -0.4 is 0 Å². The van der Waals surface area contributed by atoms with E-state index in [1.807, 2.05) is 17.5 Å². The summed E-state index contributed by atoms with van der Waals surface area (Å²) in [6.07, 6.45) is 0. The van der Waals surface area contributed by atoms with E-state index < -0.39 is 5.82 Å². The predicted molar refractivity (Wildman–Crippen MR) is 100 cm³/mol. The van der Waals surface area contributed by atoms with Crippen molar-refractivity contribution < 1.29 is 13.7 Å². The van der Waals surface area contributed by atoms with Crippen LogP contribution in [0.2, 0.25) is 5.02 Å². The van der Waals surface area contributed by atoms with Crippen molar-refractivity contribution in [1.82, 2.24) is 19.9 Å². The Morgan fingerprint density at radius 1 is 1.22 bits per heavy atom. The van der Waals surface area contributed by atoms with Crippen molar-refractivity contribution in [1.29, 1.82) is 0 Å². The number of benzene rings is 1. The molecule has 0 saturated carbocycles. The minimum Gasteiger partial charge on any atom is -0.338 e. The summed E-state index contributed by atoms with van der Waals surface area (Å²) in [6.45, 7) is 2.74. The molecule has 0 unspecified atom stereocenters. The molecular formula is C18H16ClFN4O2S. The molecule has 3 aromatic rings. The topological polar surface area (TPSA) is 62.5 Å². The molecule has 1 aliphatic rings. The zero-order valence-corrected chi connectivity index (χ0v) is 15.8. The predicted octanol–water partition coefficient (Wildman–Crippen LogP) is 3.55. The van der Waals surface area contributed by atoms with E-state index in [4.69, 9.17) is 16.1 Å². The van der Waals surface area contributed by atoms with Crippen LogP contribution in [0.5, 0.6) is 0 Å². The fourth-order valence-electron chi connectivity index (χ4n) is 2.99. The van der Waals surface area contributed by atoms with Crippen LogP contribution in [-0.4, -0.2) is 52.0 Å². The van der Waals surface area contributed by atoms with Gasteiger partial charge in [0.2, 0.25) is 11.7 Å². The smallest absolute Gasteiger partial charge is 0.258 e. The second kappa shape index (κ2) is 7.75. The quantitative estimate of drug-likeness (QED) is 0.663. The first-order valence-corrected chi connectivity index (χ1v) is 9.69. The first kappa shape index (κ1) is 18.1. The summed E-state index contributed by atoms with van der Waals surface area (Å²) in [6, 6.07) is 8.14. The van der Waals surface area contributed by atoms with Crippen molar-refractivity contribution in [2.24, 2.45) is 0 Å². The average molecular weight is 407 g/mol. The van der Waals surface area contributed by atoms with Gasteiger partial charge in [-0.3, -0.25) is 9.69 Å². The van der Waals surface area contributed by atoms with Gasteiger partial charge in [-0.1, -0.05) is 28.9 Å². The van der Waals surface area contributed by atoms with E-state index in [0.29, 0.717) is 44.4 Å². The summed E-state index contributed by atoms with van der Waals surface area (Å²) in [5.41, 5.74) is -0.0647. The number of carbonyl (C=O) groups is 1. The fourth-order valence-corrected chi connectivity index (χ4v) is 3.88. The Balaban J connectivity index is 1.36. The van der Waals surface area contributed by atoms with Crippen LogP contribution >= 0.6 is 22.9 Å². The van der Waals surface area contributed by atoms with Crippen molar-refractivity contribution in [2.45, 2.75) is 6.54 Å². The van der Waals surface area contributed by atoms with E-state index in [1.54, 1.807) is 16.2 Å². The van der Waals surface area contributed by atoms with Crippen LogP contribution in [0.4, 0.5) is 4.39 Å². The molecule has 1 fully saturated rings. The zero-order valence-electron chi connectivity index (χ0n) is 14.3. The Morgan fingerprint density at radius 2 is 2.04 bits per heavy atom. The summed E-state index contributed by atoms with van der Waals surface area (Å²) in [7, 11) is 0. The summed E-state index contributed by atoms with van der Waals surface area (Å²) in [5.74, 6) is 0.149. The maximum Gasteiger partial charge on any atom is 0.258 e. The van der Waals surface area contributed by atoms with Crippen LogP contribution in [0, 0.1) is 5.82 Å². The number of hydrogen-bond acceptors (Lipinski definition) is 6. The van der Waals surface area contributed by atoms with Gasteiger partial charge in [0, 0.05) is 26.2 Å². The van der Waals surface area contributed by atoms with Crippen LogP contribution in [0.25, 0.3) is 10.7 Å². The molecule has 0 spiro atoms. The lowest BCUT2D eigenvalue weighted by molar-refractivity contribution is 0.0611. The Labute approximate surface area is 164 Å². The SMILES string of the molecule is O=C(c1c(F)cccc1Cl)N1CCN(Cc2nc(-c3cccs3)no2)CC1. The number of thiophene rings is 1.